The van der Waals surface area contributed by atoms with Crippen LogP contribution in [0.4, 0.5) is 0 Å². The predicted octanol–water partition coefficient (Wildman–Crippen LogP) is 0.670. The van der Waals surface area contributed by atoms with Crippen LogP contribution in [0.2, 0.25) is 0 Å². The molecule has 1 N–H and O–H groups in total. The molecule has 4 heteroatoms. The zero-order chi connectivity index (χ0) is 10.5. The number of carbonyl (C=O) groups is 2. The summed E-state index contributed by atoms with van der Waals surface area (Å²) in [4.78, 5) is 22.4. The second kappa shape index (κ2) is 4.97. The average Bonchev–Trinajstić information content (AvgIpc) is 2.15. The number of ketones is 1. The number of Topliss-reactive ketones (excluding diaryl/α,β-unsaturated/α-hetero) is 1. The largest absolute Gasteiger partial charge is 0.464 e. The number of ether oxygens (including phenoxy) is 1. The Hall–Kier alpha value is -0.900. The van der Waals surface area contributed by atoms with Gasteiger partial charge in [0, 0.05) is 6.42 Å². The Kier molecular flexibility index (Phi) is 4.62. The van der Waals surface area contributed by atoms with Crippen LogP contribution < -0.4 is 0 Å². The van der Waals surface area contributed by atoms with Gasteiger partial charge in [0.25, 0.3) is 0 Å². The van der Waals surface area contributed by atoms with Gasteiger partial charge in [-0.15, -0.1) is 0 Å². The SMILES string of the molecule is CCOC(=O)C(O)(CC)C(=O)CC. The highest BCUT2D eigenvalue weighted by Gasteiger charge is 2.42. The van der Waals surface area contributed by atoms with E-state index in [2.05, 4.69) is 4.74 Å². The second-order valence-electron chi connectivity index (χ2n) is 2.71. The van der Waals surface area contributed by atoms with Gasteiger partial charge in [0.2, 0.25) is 5.60 Å². The Labute approximate surface area is 77.9 Å². The monoisotopic (exact) mass is 188 g/mol. The van der Waals surface area contributed by atoms with Gasteiger partial charge >= 0.3 is 5.97 Å². The molecule has 1 unspecified atom stereocenters. The lowest BCUT2D eigenvalue weighted by atomic mass is 9.94. The molecule has 0 aliphatic rings. The van der Waals surface area contributed by atoms with Gasteiger partial charge in [0.15, 0.2) is 5.78 Å². The highest BCUT2D eigenvalue weighted by molar-refractivity contribution is 6.06. The highest BCUT2D eigenvalue weighted by Crippen LogP contribution is 2.15. The lowest BCUT2D eigenvalue weighted by molar-refractivity contribution is -0.170. The molecule has 0 saturated heterocycles. The summed E-state index contributed by atoms with van der Waals surface area (Å²) in [6.45, 7) is 4.97. The first-order valence-corrected chi connectivity index (χ1v) is 4.45. The minimum absolute atomic E-state index is 0.0541. The smallest absolute Gasteiger partial charge is 0.345 e. The van der Waals surface area contributed by atoms with Gasteiger partial charge in [-0.1, -0.05) is 13.8 Å². The summed E-state index contributed by atoms with van der Waals surface area (Å²) in [5.41, 5.74) is -1.94. The van der Waals surface area contributed by atoms with Crippen LogP contribution in [0.1, 0.15) is 33.6 Å². The van der Waals surface area contributed by atoms with E-state index in [-0.39, 0.29) is 19.4 Å². The summed E-state index contributed by atoms with van der Waals surface area (Å²) >= 11 is 0. The minimum Gasteiger partial charge on any atom is -0.464 e. The molecule has 1 atom stereocenters. The first kappa shape index (κ1) is 12.1. The molecule has 0 aromatic carbocycles. The van der Waals surface area contributed by atoms with Gasteiger partial charge in [0.05, 0.1) is 6.61 Å². The molecule has 0 saturated carbocycles. The molecule has 0 fully saturated rings. The van der Waals surface area contributed by atoms with Gasteiger partial charge in [-0.25, -0.2) is 4.79 Å². The fourth-order valence-electron chi connectivity index (χ4n) is 0.998. The molecule has 0 aromatic heterocycles. The molecule has 0 amide bonds. The maximum absolute atomic E-state index is 11.2. The van der Waals surface area contributed by atoms with Crippen LogP contribution in [0.15, 0.2) is 0 Å². The van der Waals surface area contributed by atoms with Crippen molar-refractivity contribution >= 4 is 11.8 Å². The standard InChI is InChI=1S/C9H16O4/c1-4-7(10)9(12,5-2)8(11)13-6-3/h12H,4-6H2,1-3H3. The Morgan fingerprint density at radius 1 is 1.31 bits per heavy atom. The molecule has 76 valence electrons. The van der Waals surface area contributed by atoms with Crippen LogP contribution in [-0.4, -0.2) is 29.1 Å². The van der Waals surface area contributed by atoms with E-state index in [0.717, 1.165) is 0 Å². The topological polar surface area (TPSA) is 63.6 Å². The van der Waals surface area contributed by atoms with Crippen molar-refractivity contribution in [1.82, 2.24) is 0 Å². The second-order valence-corrected chi connectivity index (χ2v) is 2.71. The van der Waals surface area contributed by atoms with E-state index in [4.69, 9.17) is 0 Å². The summed E-state index contributed by atoms with van der Waals surface area (Å²) in [6, 6.07) is 0. The summed E-state index contributed by atoms with van der Waals surface area (Å²) in [7, 11) is 0. The molecule has 0 spiro atoms. The molecular weight excluding hydrogens is 172 g/mol. The lowest BCUT2D eigenvalue weighted by Gasteiger charge is -2.21. The van der Waals surface area contributed by atoms with E-state index in [9.17, 15) is 14.7 Å². The van der Waals surface area contributed by atoms with E-state index < -0.39 is 17.4 Å². The van der Waals surface area contributed by atoms with Crippen molar-refractivity contribution in [2.24, 2.45) is 0 Å². The Morgan fingerprint density at radius 3 is 2.15 bits per heavy atom. The van der Waals surface area contributed by atoms with E-state index in [1.54, 1.807) is 20.8 Å². The summed E-state index contributed by atoms with van der Waals surface area (Å²) in [5.74, 6) is -1.34. The van der Waals surface area contributed by atoms with Crippen molar-refractivity contribution in [2.45, 2.75) is 39.2 Å². The molecule has 0 heterocycles. The quantitative estimate of drug-likeness (QED) is 0.508. The number of hydrogen-bond donors (Lipinski definition) is 1. The molecule has 0 bridgehead atoms. The normalized spacial score (nSPS) is 14.8. The number of esters is 1. The molecule has 0 rings (SSSR count). The van der Waals surface area contributed by atoms with Crippen molar-refractivity contribution in [3.8, 4) is 0 Å². The van der Waals surface area contributed by atoms with Crippen LogP contribution in [0.25, 0.3) is 0 Å². The zero-order valence-electron chi connectivity index (χ0n) is 8.29. The third-order valence-corrected chi connectivity index (χ3v) is 1.91. The summed E-state index contributed by atoms with van der Waals surface area (Å²) in [6.07, 6.45) is 0.182. The number of carbonyl (C=O) groups excluding carboxylic acids is 2. The van der Waals surface area contributed by atoms with Crippen LogP contribution >= 0.6 is 0 Å². The average molecular weight is 188 g/mol. The highest BCUT2D eigenvalue weighted by atomic mass is 16.5. The maximum atomic E-state index is 11.2. The van der Waals surface area contributed by atoms with Gasteiger partial charge < -0.3 is 9.84 Å². The van der Waals surface area contributed by atoms with Gasteiger partial charge in [-0.05, 0) is 13.3 Å². The molecule has 0 aromatic rings. The Bertz CT molecular complexity index is 200. The fourth-order valence-corrected chi connectivity index (χ4v) is 0.998. The number of aliphatic hydroxyl groups is 1. The van der Waals surface area contributed by atoms with Crippen molar-refractivity contribution < 1.29 is 19.4 Å². The molecular formula is C9H16O4. The summed E-state index contributed by atoms with van der Waals surface area (Å²) in [5, 5.41) is 9.66. The lowest BCUT2D eigenvalue weighted by Crippen LogP contribution is -2.46. The Balaban J connectivity index is 4.61. The van der Waals surface area contributed by atoms with Crippen LogP contribution in [0.3, 0.4) is 0 Å². The first-order valence-electron chi connectivity index (χ1n) is 4.45. The maximum Gasteiger partial charge on any atom is 0.345 e. The van der Waals surface area contributed by atoms with Crippen molar-refractivity contribution in [1.29, 1.82) is 0 Å². The molecule has 4 nitrogen and oxygen atoms in total. The summed E-state index contributed by atoms with van der Waals surface area (Å²) < 4.78 is 4.61. The minimum atomic E-state index is -1.94. The molecule has 0 aliphatic carbocycles. The van der Waals surface area contributed by atoms with E-state index >= 15 is 0 Å². The van der Waals surface area contributed by atoms with Crippen LogP contribution in [0, 0.1) is 0 Å². The van der Waals surface area contributed by atoms with Crippen LogP contribution in [-0.2, 0) is 14.3 Å². The zero-order valence-corrected chi connectivity index (χ0v) is 8.29. The Morgan fingerprint density at radius 2 is 1.85 bits per heavy atom. The third kappa shape index (κ3) is 2.52. The fraction of sp³-hybridized carbons (Fsp3) is 0.778. The number of rotatable bonds is 5. The van der Waals surface area contributed by atoms with Crippen molar-refractivity contribution in [3.05, 3.63) is 0 Å². The molecule has 0 aliphatic heterocycles. The van der Waals surface area contributed by atoms with Gasteiger partial charge in [-0.3, -0.25) is 4.79 Å². The van der Waals surface area contributed by atoms with Gasteiger partial charge in [0.1, 0.15) is 0 Å². The predicted molar refractivity (Wildman–Crippen MR) is 47.2 cm³/mol. The first-order chi connectivity index (χ1) is 6.02. The number of hydrogen-bond acceptors (Lipinski definition) is 4. The van der Waals surface area contributed by atoms with Crippen LogP contribution in [0.5, 0.6) is 0 Å². The molecule has 13 heavy (non-hydrogen) atoms. The van der Waals surface area contributed by atoms with E-state index in [1.807, 2.05) is 0 Å². The van der Waals surface area contributed by atoms with E-state index in [1.165, 1.54) is 0 Å². The van der Waals surface area contributed by atoms with Gasteiger partial charge in [-0.2, -0.15) is 0 Å². The van der Waals surface area contributed by atoms with Crippen molar-refractivity contribution in [3.63, 3.8) is 0 Å². The molecule has 0 radical (unpaired) electrons. The third-order valence-electron chi connectivity index (χ3n) is 1.91. The van der Waals surface area contributed by atoms with E-state index in [0.29, 0.717) is 0 Å². The van der Waals surface area contributed by atoms with Crippen molar-refractivity contribution in [2.75, 3.05) is 6.61 Å².